The second kappa shape index (κ2) is 20.0. The first-order valence-electron chi connectivity index (χ1n) is 13.9. The average Bonchev–Trinajstić information content (AvgIpc) is 2.82. The van der Waals surface area contributed by atoms with Crippen LogP contribution in [0.5, 0.6) is 0 Å². The van der Waals surface area contributed by atoms with E-state index in [1.807, 2.05) is 13.8 Å². The molecule has 0 spiro atoms. The third-order valence-corrected chi connectivity index (χ3v) is 6.37. The van der Waals surface area contributed by atoms with Gasteiger partial charge < -0.3 is 27.4 Å². The minimum absolute atomic E-state index is 0.142. The van der Waals surface area contributed by atoms with Crippen LogP contribution in [-0.2, 0) is 19.2 Å². The molecule has 0 aromatic carbocycles. The number of amides is 4. The average molecular weight is 512 g/mol. The zero-order valence-corrected chi connectivity index (χ0v) is 23.4. The maximum atomic E-state index is 12.7. The summed E-state index contributed by atoms with van der Waals surface area (Å²) in [6.45, 7) is 10.4. The molecule has 2 unspecified atom stereocenters. The zero-order valence-electron chi connectivity index (χ0n) is 23.4. The highest BCUT2D eigenvalue weighted by atomic mass is 16.2. The van der Waals surface area contributed by atoms with E-state index in [2.05, 4.69) is 36.7 Å². The van der Waals surface area contributed by atoms with Gasteiger partial charge in [-0.2, -0.15) is 0 Å². The van der Waals surface area contributed by atoms with E-state index in [0.29, 0.717) is 38.1 Å². The van der Waals surface area contributed by atoms with Crippen molar-refractivity contribution in [3.63, 3.8) is 0 Å². The van der Waals surface area contributed by atoms with E-state index < -0.39 is 29.8 Å². The summed E-state index contributed by atoms with van der Waals surface area (Å²) in [4.78, 5) is 49.2. The number of hydrogen-bond acceptors (Lipinski definition) is 5. The number of rotatable bonds is 15. The molecule has 9 heteroatoms. The summed E-state index contributed by atoms with van der Waals surface area (Å²) in [5.74, 6) is -0.655. The lowest BCUT2D eigenvalue weighted by atomic mass is 9.79. The van der Waals surface area contributed by atoms with Crippen LogP contribution in [0.2, 0.25) is 0 Å². The molecule has 1 rings (SSSR count). The minimum Gasteiger partial charge on any atom is -0.368 e. The predicted molar refractivity (Wildman–Crippen MR) is 145 cm³/mol. The van der Waals surface area contributed by atoms with Gasteiger partial charge in [0.25, 0.3) is 0 Å². The molecule has 0 bridgehead atoms. The number of nitrogens with one attached hydrogen (secondary N) is 3. The second-order valence-corrected chi connectivity index (χ2v) is 10.6. The van der Waals surface area contributed by atoms with E-state index in [-0.39, 0.29) is 24.3 Å². The summed E-state index contributed by atoms with van der Waals surface area (Å²) < 4.78 is 0. The van der Waals surface area contributed by atoms with Crippen molar-refractivity contribution in [2.75, 3.05) is 13.1 Å². The Kier molecular flexibility index (Phi) is 18.8. The lowest BCUT2D eigenvalue weighted by molar-refractivity contribution is -0.131. The van der Waals surface area contributed by atoms with Crippen LogP contribution in [-0.4, -0.2) is 48.8 Å². The molecule has 1 saturated carbocycles. The molecule has 1 aliphatic rings. The van der Waals surface area contributed by atoms with Gasteiger partial charge in [0.05, 0.1) is 6.54 Å². The third kappa shape index (κ3) is 15.8. The van der Waals surface area contributed by atoms with E-state index in [9.17, 15) is 19.2 Å². The van der Waals surface area contributed by atoms with E-state index >= 15 is 0 Å². The van der Waals surface area contributed by atoms with E-state index in [1.54, 1.807) is 0 Å². The van der Waals surface area contributed by atoms with Crippen molar-refractivity contribution in [3.8, 4) is 0 Å². The van der Waals surface area contributed by atoms with Gasteiger partial charge in [-0.1, -0.05) is 73.1 Å². The molecule has 0 heterocycles. The van der Waals surface area contributed by atoms with Crippen LogP contribution in [0, 0.1) is 17.8 Å². The number of hydrogen-bond donors (Lipinski definition) is 5. The van der Waals surface area contributed by atoms with E-state index in [1.165, 1.54) is 25.7 Å². The van der Waals surface area contributed by atoms with Crippen molar-refractivity contribution in [2.45, 2.75) is 117 Å². The third-order valence-electron chi connectivity index (χ3n) is 6.37. The molecule has 9 nitrogen and oxygen atoms in total. The quantitative estimate of drug-likeness (QED) is 0.214. The van der Waals surface area contributed by atoms with Gasteiger partial charge in [-0.3, -0.25) is 19.2 Å². The van der Waals surface area contributed by atoms with E-state index in [0.717, 1.165) is 19.3 Å². The first-order chi connectivity index (χ1) is 17.0. The lowest BCUT2D eigenvalue weighted by Crippen LogP contribution is -2.52. The molecule has 0 aromatic heterocycles. The Hall–Kier alpha value is -2.16. The summed E-state index contributed by atoms with van der Waals surface area (Å²) >= 11 is 0. The van der Waals surface area contributed by atoms with Gasteiger partial charge >= 0.3 is 0 Å². The highest BCUT2D eigenvalue weighted by Gasteiger charge is 2.26. The predicted octanol–water partition coefficient (Wildman–Crippen LogP) is 2.76. The number of nitrogens with two attached hydrogens (primary N) is 2. The van der Waals surface area contributed by atoms with Gasteiger partial charge in [-0.25, -0.2) is 0 Å². The summed E-state index contributed by atoms with van der Waals surface area (Å²) in [5.41, 5.74) is 10.9. The Balaban J connectivity index is 0.00000387. The topological polar surface area (TPSA) is 156 Å². The minimum atomic E-state index is -0.782. The Morgan fingerprint density at radius 3 is 2.00 bits per heavy atom. The number of unbranched alkanes of at least 4 members (excludes halogenated alkanes) is 1. The first-order valence-corrected chi connectivity index (χ1v) is 13.9. The van der Waals surface area contributed by atoms with Crippen LogP contribution < -0.4 is 27.4 Å². The van der Waals surface area contributed by atoms with Crippen LogP contribution in [0.1, 0.15) is 105 Å². The highest BCUT2D eigenvalue weighted by molar-refractivity contribution is 5.92. The molecule has 7 N–H and O–H groups in total. The van der Waals surface area contributed by atoms with Crippen LogP contribution >= 0.6 is 0 Å². The Morgan fingerprint density at radius 2 is 1.47 bits per heavy atom. The van der Waals surface area contributed by atoms with Gasteiger partial charge in [-0.05, 0) is 50.0 Å². The van der Waals surface area contributed by atoms with Gasteiger partial charge in [0, 0.05) is 6.42 Å². The smallest absolute Gasteiger partial charge is 0.243 e. The molecule has 0 radical (unpaired) electrons. The summed E-state index contributed by atoms with van der Waals surface area (Å²) in [7, 11) is 0. The second-order valence-electron chi connectivity index (χ2n) is 10.6. The molecule has 210 valence electrons. The van der Waals surface area contributed by atoms with Crippen LogP contribution in [0.4, 0.5) is 0 Å². The SMILES string of the molecule is CC(C)CC(NC(=O)CNC(=O)C(CCCCN)NC(=O)C[C@@H](C)C1CCCCC1)C(N)=O.CCC. The van der Waals surface area contributed by atoms with E-state index in [4.69, 9.17) is 11.5 Å². The first kappa shape index (κ1) is 33.8. The maximum absolute atomic E-state index is 12.7. The molecule has 0 aliphatic heterocycles. The highest BCUT2D eigenvalue weighted by Crippen LogP contribution is 2.31. The largest absolute Gasteiger partial charge is 0.368 e. The van der Waals surface area contributed by atoms with Crippen molar-refractivity contribution < 1.29 is 19.2 Å². The normalized spacial score (nSPS) is 16.2. The summed E-state index contributed by atoms with van der Waals surface area (Å²) in [5, 5.41) is 8.00. The molecule has 1 fully saturated rings. The Labute approximate surface area is 218 Å². The van der Waals surface area contributed by atoms with Crippen molar-refractivity contribution in [2.24, 2.45) is 29.2 Å². The molecule has 1 aliphatic carbocycles. The molecule has 4 amide bonds. The Bertz CT molecular complexity index is 650. The van der Waals surface area contributed by atoms with Crippen molar-refractivity contribution in [1.82, 2.24) is 16.0 Å². The fourth-order valence-corrected chi connectivity index (χ4v) is 4.43. The van der Waals surface area contributed by atoms with Gasteiger partial charge in [0.2, 0.25) is 23.6 Å². The zero-order chi connectivity index (χ0) is 27.5. The van der Waals surface area contributed by atoms with Crippen LogP contribution in [0.15, 0.2) is 0 Å². The van der Waals surface area contributed by atoms with Crippen molar-refractivity contribution in [3.05, 3.63) is 0 Å². The molecular weight excluding hydrogens is 458 g/mol. The summed E-state index contributed by atoms with van der Waals surface area (Å²) in [6.07, 6.45) is 9.97. The monoisotopic (exact) mass is 511 g/mol. The molecule has 0 aromatic rings. The number of carbonyl (C=O) groups excluding carboxylic acids is 4. The molecular formula is C27H53N5O4. The Morgan fingerprint density at radius 1 is 0.889 bits per heavy atom. The van der Waals surface area contributed by atoms with Crippen molar-refractivity contribution in [1.29, 1.82) is 0 Å². The van der Waals surface area contributed by atoms with Gasteiger partial charge in [0.15, 0.2) is 0 Å². The lowest BCUT2D eigenvalue weighted by Gasteiger charge is -2.28. The number of carbonyl (C=O) groups is 4. The van der Waals surface area contributed by atoms with Gasteiger partial charge in [-0.15, -0.1) is 0 Å². The fourth-order valence-electron chi connectivity index (χ4n) is 4.43. The number of primary amides is 1. The molecule has 3 atom stereocenters. The molecule has 36 heavy (non-hydrogen) atoms. The molecule has 0 saturated heterocycles. The van der Waals surface area contributed by atoms with Gasteiger partial charge in [0.1, 0.15) is 12.1 Å². The van der Waals surface area contributed by atoms with Crippen LogP contribution in [0.25, 0.3) is 0 Å². The summed E-state index contributed by atoms with van der Waals surface area (Å²) in [6, 6.07) is -1.51. The maximum Gasteiger partial charge on any atom is 0.243 e. The standard InChI is InChI=1S/C24H45N5O4.C3H8/c1-16(2)13-20(23(26)32)29-22(31)15-27-24(33)19(11-7-8-12-25)28-21(30)14-17(3)18-9-5-4-6-10-18;1-3-2/h16-20H,4-15,25H2,1-3H3,(H2,26,32)(H,27,33)(H,28,30)(H,29,31);3H2,1-2H3/t17-,19?,20?;/m1./s1. The fraction of sp³-hybridized carbons (Fsp3) is 0.852. The van der Waals surface area contributed by atoms with Crippen LogP contribution in [0.3, 0.4) is 0 Å². The van der Waals surface area contributed by atoms with Crippen molar-refractivity contribution >= 4 is 23.6 Å².